The lowest BCUT2D eigenvalue weighted by Crippen LogP contribution is -2.45. The zero-order chi connectivity index (χ0) is 14.8. The van der Waals surface area contributed by atoms with Crippen LogP contribution < -0.4 is 10.5 Å². The van der Waals surface area contributed by atoms with Gasteiger partial charge in [-0.1, -0.05) is 36.4 Å². The largest absolute Gasteiger partial charge is 0.480 e. The molecule has 0 bridgehead atoms. The molecule has 106 valence electrons. The van der Waals surface area contributed by atoms with E-state index in [4.69, 9.17) is 10.8 Å². The zero-order valence-electron chi connectivity index (χ0n) is 10.5. The first-order valence-corrected chi connectivity index (χ1v) is 7.37. The Morgan fingerprint density at radius 1 is 1.20 bits per heavy atom. The third-order valence-electron chi connectivity index (χ3n) is 2.87. The summed E-state index contributed by atoms with van der Waals surface area (Å²) in [6.07, 6.45) is 0. The Hall–Kier alpha value is -1.96. The van der Waals surface area contributed by atoms with Gasteiger partial charge in [0.05, 0.1) is 4.90 Å². The van der Waals surface area contributed by atoms with Gasteiger partial charge in [-0.2, -0.15) is 4.72 Å². The average molecular weight is 294 g/mol. The topological polar surface area (TPSA) is 109 Å². The Balaban J connectivity index is 2.50. The molecule has 7 heteroatoms. The molecular formula is C13H14N2O4S. The summed E-state index contributed by atoms with van der Waals surface area (Å²) in [5, 5.41) is 10.2. The number of sulfonamides is 1. The number of nitrogens with two attached hydrogens (primary N) is 1. The van der Waals surface area contributed by atoms with Crippen molar-refractivity contribution in [1.29, 1.82) is 0 Å². The van der Waals surface area contributed by atoms with Crippen LogP contribution in [0.1, 0.15) is 0 Å². The first-order chi connectivity index (χ1) is 9.45. The lowest BCUT2D eigenvalue weighted by Gasteiger charge is -2.14. The highest BCUT2D eigenvalue weighted by Crippen LogP contribution is 2.22. The summed E-state index contributed by atoms with van der Waals surface area (Å²) < 4.78 is 26.7. The summed E-state index contributed by atoms with van der Waals surface area (Å²) in [4.78, 5) is 10.9. The van der Waals surface area contributed by atoms with E-state index < -0.39 is 22.0 Å². The minimum Gasteiger partial charge on any atom is -0.480 e. The molecule has 0 spiro atoms. The van der Waals surface area contributed by atoms with E-state index in [0.717, 1.165) is 5.39 Å². The number of carboxylic acids is 1. The van der Waals surface area contributed by atoms with Crippen LogP contribution in [0.15, 0.2) is 47.4 Å². The van der Waals surface area contributed by atoms with Crippen molar-refractivity contribution in [1.82, 2.24) is 4.72 Å². The van der Waals surface area contributed by atoms with Crippen molar-refractivity contribution in [2.75, 3.05) is 6.54 Å². The van der Waals surface area contributed by atoms with Crippen molar-refractivity contribution in [3.63, 3.8) is 0 Å². The Labute approximate surface area is 116 Å². The SMILES string of the molecule is NC[C@@H](NS(=O)(=O)c1cccc2ccccc12)C(=O)O. The van der Waals surface area contributed by atoms with Gasteiger partial charge >= 0.3 is 5.97 Å². The summed E-state index contributed by atoms with van der Waals surface area (Å²) in [5.41, 5.74) is 5.26. The van der Waals surface area contributed by atoms with Crippen LogP contribution in [-0.2, 0) is 14.8 Å². The predicted octanol–water partition coefficient (Wildman–Crippen LogP) is 0.530. The molecule has 0 aromatic heterocycles. The maximum absolute atomic E-state index is 12.3. The molecular weight excluding hydrogens is 280 g/mol. The van der Waals surface area contributed by atoms with E-state index in [1.165, 1.54) is 6.07 Å². The number of aliphatic carboxylic acids is 1. The number of nitrogens with one attached hydrogen (secondary N) is 1. The van der Waals surface area contributed by atoms with Crippen molar-refractivity contribution in [3.8, 4) is 0 Å². The molecule has 0 aliphatic rings. The third-order valence-corrected chi connectivity index (χ3v) is 4.40. The fourth-order valence-corrected chi connectivity index (χ4v) is 3.31. The van der Waals surface area contributed by atoms with Gasteiger partial charge in [0.15, 0.2) is 0 Å². The van der Waals surface area contributed by atoms with Crippen LogP contribution in [0.3, 0.4) is 0 Å². The lowest BCUT2D eigenvalue weighted by molar-refractivity contribution is -0.138. The van der Waals surface area contributed by atoms with Gasteiger partial charge in [0, 0.05) is 11.9 Å². The van der Waals surface area contributed by atoms with Crippen molar-refractivity contribution in [2.24, 2.45) is 5.73 Å². The fraction of sp³-hybridized carbons (Fsp3) is 0.154. The molecule has 20 heavy (non-hydrogen) atoms. The monoisotopic (exact) mass is 294 g/mol. The van der Waals surface area contributed by atoms with E-state index in [1.807, 2.05) is 0 Å². The van der Waals surface area contributed by atoms with Crippen LogP contribution >= 0.6 is 0 Å². The fourth-order valence-electron chi connectivity index (χ4n) is 1.88. The quantitative estimate of drug-likeness (QED) is 0.745. The average Bonchev–Trinajstić information content (AvgIpc) is 2.43. The van der Waals surface area contributed by atoms with E-state index in [2.05, 4.69) is 4.72 Å². The summed E-state index contributed by atoms with van der Waals surface area (Å²) >= 11 is 0. The van der Waals surface area contributed by atoms with Gasteiger partial charge in [0.2, 0.25) is 10.0 Å². The zero-order valence-corrected chi connectivity index (χ0v) is 11.3. The van der Waals surface area contributed by atoms with Crippen LogP contribution in [0, 0.1) is 0 Å². The number of benzene rings is 2. The number of carbonyl (C=O) groups is 1. The second-order valence-corrected chi connectivity index (χ2v) is 5.91. The molecule has 2 rings (SSSR count). The molecule has 6 nitrogen and oxygen atoms in total. The van der Waals surface area contributed by atoms with E-state index in [0.29, 0.717) is 5.39 Å². The molecule has 0 aliphatic heterocycles. The van der Waals surface area contributed by atoms with Crippen LogP contribution in [-0.4, -0.2) is 32.1 Å². The van der Waals surface area contributed by atoms with Crippen LogP contribution in [0.2, 0.25) is 0 Å². The molecule has 4 N–H and O–H groups in total. The number of rotatable bonds is 5. The molecule has 2 aromatic rings. The number of hydrogen-bond donors (Lipinski definition) is 3. The van der Waals surface area contributed by atoms with E-state index in [-0.39, 0.29) is 11.4 Å². The molecule has 0 amide bonds. The van der Waals surface area contributed by atoms with Gasteiger partial charge in [-0.05, 0) is 11.5 Å². The number of fused-ring (bicyclic) bond motifs is 1. The molecule has 0 fully saturated rings. The normalized spacial score (nSPS) is 13.2. The highest BCUT2D eigenvalue weighted by molar-refractivity contribution is 7.89. The second kappa shape index (κ2) is 5.58. The summed E-state index contributed by atoms with van der Waals surface area (Å²) in [5.74, 6) is -1.31. The Morgan fingerprint density at radius 3 is 2.50 bits per heavy atom. The Bertz CT molecular complexity index is 738. The van der Waals surface area contributed by atoms with Crippen molar-refractivity contribution in [3.05, 3.63) is 42.5 Å². The number of carboxylic acid groups (broad SMARTS) is 1. The van der Waals surface area contributed by atoms with Crippen LogP contribution in [0.25, 0.3) is 10.8 Å². The first kappa shape index (κ1) is 14.4. The summed E-state index contributed by atoms with van der Waals surface area (Å²) in [6.45, 7) is -0.320. The standard InChI is InChI=1S/C13H14N2O4S/c14-8-11(13(16)17)15-20(18,19)12-7-3-5-9-4-1-2-6-10(9)12/h1-7,11,15H,8,14H2,(H,16,17)/t11-/m1/s1. The van der Waals surface area contributed by atoms with E-state index in [1.54, 1.807) is 36.4 Å². The second-order valence-electron chi connectivity index (χ2n) is 4.23. The highest BCUT2D eigenvalue weighted by Gasteiger charge is 2.25. The van der Waals surface area contributed by atoms with Crippen molar-refractivity contribution in [2.45, 2.75) is 10.9 Å². The molecule has 2 aromatic carbocycles. The summed E-state index contributed by atoms with van der Waals surface area (Å²) in [7, 11) is -3.95. The molecule has 0 aliphatic carbocycles. The Kier molecular flexibility index (Phi) is 4.03. The number of hydrogen-bond acceptors (Lipinski definition) is 4. The summed E-state index contributed by atoms with van der Waals surface area (Å²) in [6, 6.07) is 10.4. The smallest absolute Gasteiger partial charge is 0.323 e. The lowest BCUT2D eigenvalue weighted by atomic mass is 10.1. The van der Waals surface area contributed by atoms with Gasteiger partial charge in [-0.3, -0.25) is 4.79 Å². The third kappa shape index (κ3) is 2.79. The van der Waals surface area contributed by atoms with Crippen LogP contribution in [0.4, 0.5) is 0 Å². The molecule has 0 heterocycles. The van der Waals surface area contributed by atoms with Crippen molar-refractivity contribution >= 4 is 26.8 Å². The molecule has 0 saturated carbocycles. The van der Waals surface area contributed by atoms with Gasteiger partial charge in [0.1, 0.15) is 6.04 Å². The maximum atomic E-state index is 12.3. The minimum absolute atomic E-state index is 0.0373. The van der Waals surface area contributed by atoms with Crippen LogP contribution in [0.5, 0.6) is 0 Å². The van der Waals surface area contributed by atoms with Gasteiger partial charge in [-0.15, -0.1) is 0 Å². The molecule has 1 atom stereocenters. The molecule has 0 unspecified atom stereocenters. The van der Waals surface area contributed by atoms with Gasteiger partial charge in [-0.25, -0.2) is 8.42 Å². The van der Waals surface area contributed by atoms with Gasteiger partial charge < -0.3 is 10.8 Å². The Morgan fingerprint density at radius 2 is 1.85 bits per heavy atom. The van der Waals surface area contributed by atoms with Crippen molar-refractivity contribution < 1.29 is 18.3 Å². The first-order valence-electron chi connectivity index (χ1n) is 5.88. The van der Waals surface area contributed by atoms with E-state index in [9.17, 15) is 13.2 Å². The molecule has 0 radical (unpaired) electrons. The molecule has 0 saturated heterocycles. The van der Waals surface area contributed by atoms with E-state index >= 15 is 0 Å². The minimum atomic E-state index is -3.95. The maximum Gasteiger partial charge on any atom is 0.323 e. The van der Waals surface area contributed by atoms with Gasteiger partial charge in [0.25, 0.3) is 0 Å². The highest BCUT2D eigenvalue weighted by atomic mass is 32.2. The predicted molar refractivity (Wildman–Crippen MR) is 74.7 cm³/mol.